The maximum Gasteiger partial charge on any atom is 0.0918 e. The third-order valence-corrected chi connectivity index (χ3v) is 2.63. The van der Waals surface area contributed by atoms with Crippen LogP contribution in [0.4, 0.5) is 0 Å². The van der Waals surface area contributed by atoms with E-state index in [1.807, 2.05) is 54.6 Å². The zero-order chi connectivity index (χ0) is 11.4. The van der Waals surface area contributed by atoms with Crippen LogP contribution >= 0.6 is 0 Å². The summed E-state index contributed by atoms with van der Waals surface area (Å²) in [5.74, 6) is 0. The van der Waals surface area contributed by atoms with Gasteiger partial charge in [0.05, 0.1) is 6.10 Å². The van der Waals surface area contributed by atoms with E-state index < -0.39 is 6.10 Å². The predicted octanol–water partition coefficient (Wildman–Crippen LogP) is 2.35. The van der Waals surface area contributed by atoms with Crippen LogP contribution < -0.4 is 5.73 Å². The van der Waals surface area contributed by atoms with Crippen molar-refractivity contribution in [1.82, 2.24) is 0 Å². The third-order valence-electron chi connectivity index (χ3n) is 2.63. The molecule has 0 aromatic heterocycles. The highest BCUT2D eigenvalue weighted by Gasteiger charge is 2.10. The maximum atomic E-state index is 9.85. The van der Waals surface area contributed by atoms with Gasteiger partial charge in [-0.05, 0) is 16.7 Å². The second-order valence-electron chi connectivity index (χ2n) is 3.70. The standard InChI is InChI=1S/C14H15NO/c15-10-14(16)13-9-5-4-8-12(13)11-6-2-1-3-7-11/h1-9,14,16H,10,15H2/t14-/m0/s1. The minimum absolute atomic E-state index is 0.240. The van der Waals surface area contributed by atoms with E-state index in [0.29, 0.717) is 0 Å². The van der Waals surface area contributed by atoms with Crippen molar-refractivity contribution in [2.75, 3.05) is 6.54 Å². The predicted molar refractivity (Wildman–Crippen MR) is 65.9 cm³/mol. The zero-order valence-electron chi connectivity index (χ0n) is 9.01. The van der Waals surface area contributed by atoms with Crippen molar-refractivity contribution in [2.45, 2.75) is 6.10 Å². The summed E-state index contributed by atoms with van der Waals surface area (Å²) in [6, 6.07) is 17.8. The molecule has 0 bridgehead atoms. The number of hydrogen-bond donors (Lipinski definition) is 2. The topological polar surface area (TPSA) is 46.2 Å². The second kappa shape index (κ2) is 4.92. The van der Waals surface area contributed by atoms with Gasteiger partial charge in [0.25, 0.3) is 0 Å². The maximum absolute atomic E-state index is 9.85. The van der Waals surface area contributed by atoms with E-state index in [1.54, 1.807) is 0 Å². The Labute approximate surface area is 95.4 Å². The van der Waals surface area contributed by atoms with Crippen LogP contribution in [0.2, 0.25) is 0 Å². The summed E-state index contributed by atoms with van der Waals surface area (Å²) in [5.41, 5.74) is 8.53. The lowest BCUT2D eigenvalue weighted by Crippen LogP contribution is -2.12. The molecule has 0 unspecified atom stereocenters. The normalized spacial score (nSPS) is 12.4. The van der Waals surface area contributed by atoms with Crippen molar-refractivity contribution in [3.63, 3.8) is 0 Å². The molecule has 0 radical (unpaired) electrons. The number of aliphatic hydroxyl groups excluding tert-OH is 1. The molecular formula is C14H15NO. The average Bonchev–Trinajstić information content (AvgIpc) is 2.39. The van der Waals surface area contributed by atoms with E-state index >= 15 is 0 Å². The number of hydrogen-bond acceptors (Lipinski definition) is 2. The lowest BCUT2D eigenvalue weighted by atomic mass is 9.96. The first-order valence-electron chi connectivity index (χ1n) is 5.35. The fraction of sp³-hybridized carbons (Fsp3) is 0.143. The van der Waals surface area contributed by atoms with Gasteiger partial charge in [-0.2, -0.15) is 0 Å². The summed E-state index contributed by atoms with van der Waals surface area (Å²) >= 11 is 0. The number of aliphatic hydroxyl groups is 1. The number of nitrogens with two attached hydrogens (primary N) is 1. The van der Waals surface area contributed by atoms with Crippen molar-refractivity contribution >= 4 is 0 Å². The monoisotopic (exact) mass is 213 g/mol. The van der Waals surface area contributed by atoms with Crippen LogP contribution in [0.15, 0.2) is 54.6 Å². The highest BCUT2D eigenvalue weighted by molar-refractivity contribution is 5.67. The molecule has 2 rings (SSSR count). The van der Waals surface area contributed by atoms with E-state index in [2.05, 4.69) is 0 Å². The summed E-state index contributed by atoms with van der Waals surface area (Å²) in [6.07, 6.45) is -0.601. The van der Waals surface area contributed by atoms with Crippen LogP contribution in [0, 0.1) is 0 Å². The largest absolute Gasteiger partial charge is 0.387 e. The summed E-state index contributed by atoms with van der Waals surface area (Å²) < 4.78 is 0. The lowest BCUT2D eigenvalue weighted by Gasteiger charge is -2.13. The molecule has 2 heteroatoms. The molecule has 0 saturated carbocycles. The van der Waals surface area contributed by atoms with Gasteiger partial charge in [0.1, 0.15) is 0 Å². The SMILES string of the molecule is NC[C@H](O)c1ccccc1-c1ccccc1. The van der Waals surface area contributed by atoms with E-state index in [-0.39, 0.29) is 6.54 Å². The molecular weight excluding hydrogens is 198 g/mol. The minimum atomic E-state index is -0.601. The summed E-state index contributed by atoms with van der Waals surface area (Å²) in [7, 11) is 0. The highest BCUT2D eigenvalue weighted by Crippen LogP contribution is 2.27. The fourth-order valence-corrected chi connectivity index (χ4v) is 1.80. The van der Waals surface area contributed by atoms with Crippen LogP contribution in [0.1, 0.15) is 11.7 Å². The van der Waals surface area contributed by atoms with Crippen LogP contribution in [0.3, 0.4) is 0 Å². The molecule has 2 nitrogen and oxygen atoms in total. The zero-order valence-corrected chi connectivity index (χ0v) is 9.01. The molecule has 82 valence electrons. The van der Waals surface area contributed by atoms with Gasteiger partial charge in [-0.1, -0.05) is 54.6 Å². The number of benzene rings is 2. The van der Waals surface area contributed by atoms with Gasteiger partial charge in [-0.25, -0.2) is 0 Å². The van der Waals surface area contributed by atoms with Crippen molar-refractivity contribution in [3.8, 4) is 11.1 Å². The highest BCUT2D eigenvalue weighted by atomic mass is 16.3. The Hall–Kier alpha value is -1.64. The molecule has 0 aliphatic rings. The van der Waals surface area contributed by atoms with Gasteiger partial charge in [0.15, 0.2) is 0 Å². The Morgan fingerprint density at radius 2 is 1.56 bits per heavy atom. The van der Waals surface area contributed by atoms with Crippen LogP contribution in [0.5, 0.6) is 0 Å². The quantitative estimate of drug-likeness (QED) is 0.822. The molecule has 0 fully saturated rings. The molecule has 0 spiro atoms. The molecule has 0 aliphatic heterocycles. The van der Waals surface area contributed by atoms with Crippen LogP contribution in [-0.2, 0) is 0 Å². The van der Waals surface area contributed by atoms with Crippen LogP contribution in [0.25, 0.3) is 11.1 Å². The van der Waals surface area contributed by atoms with Crippen molar-refractivity contribution < 1.29 is 5.11 Å². The molecule has 2 aromatic carbocycles. The third kappa shape index (κ3) is 2.13. The first kappa shape index (κ1) is 10.9. The molecule has 3 N–H and O–H groups in total. The first-order valence-corrected chi connectivity index (χ1v) is 5.35. The minimum Gasteiger partial charge on any atom is -0.387 e. The summed E-state index contributed by atoms with van der Waals surface area (Å²) in [4.78, 5) is 0. The molecule has 0 heterocycles. The number of rotatable bonds is 3. The van der Waals surface area contributed by atoms with Gasteiger partial charge in [-0.3, -0.25) is 0 Å². The summed E-state index contributed by atoms with van der Waals surface area (Å²) in [5, 5.41) is 9.85. The first-order chi connectivity index (χ1) is 7.83. The van der Waals surface area contributed by atoms with E-state index in [9.17, 15) is 5.11 Å². The van der Waals surface area contributed by atoms with E-state index in [4.69, 9.17) is 5.73 Å². The van der Waals surface area contributed by atoms with Crippen molar-refractivity contribution in [1.29, 1.82) is 0 Å². The lowest BCUT2D eigenvalue weighted by molar-refractivity contribution is 0.187. The van der Waals surface area contributed by atoms with Gasteiger partial charge in [0.2, 0.25) is 0 Å². The van der Waals surface area contributed by atoms with Crippen molar-refractivity contribution in [2.24, 2.45) is 5.73 Å². The van der Waals surface area contributed by atoms with Gasteiger partial charge in [0, 0.05) is 6.54 Å². The smallest absolute Gasteiger partial charge is 0.0918 e. The second-order valence-corrected chi connectivity index (χ2v) is 3.70. The molecule has 0 amide bonds. The molecule has 0 aliphatic carbocycles. The Balaban J connectivity index is 2.49. The molecule has 0 saturated heterocycles. The van der Waals surface area contributed by atoms with E-state index in [0.717, 1.165) is 16.7 Å². The van der Waals surface area contributed by atoms with E-state index in [1.165, 1.54) is 0 Å². The van der Waals surface area contributed by atoms with Gasteiger partial charge in [-0.15, -0.1) is 0 Å². The van der Waals surface area contributed by atoms with Gasteiger partial charge >= 0.3 is 0 Å². The summed E-state index contributed by atoms with van der Waals surface area (Å²) in [6.45, 7) is 0.240. The molecule has 1 atom stereocenters. The average molecular weight is 213 g/mol. The van der Waals surface area contributed by atoms with Crippen molar-refractivity contribution in [3.05, 3.63) is 60.2 Å². The molecule has 16 heavy (non-hydrogen) atoms. The Bertz CT molecular complexity index is 453. The van der Waals surface area contributed by atoms with Gasteiger partial charge < -0.3 is 10.8 Å². The Morgan fingerprint density at radius 1 is 0.938 bits per heavy atom. The Morgan fingerprint density at radius 3 is 2.25 bits per heavy atom. The van der Waals surface area contributed by atoms with Crippen LogP contribution in [-0.4, -0.2) is 11.7 Å². The molecule has 2 aromatic rings. The fourth-order valence-electron chi connectivity index (χ4n) is 1.80. The Kier molecular flexibility index (Phi) is 3.34.